The second-order valence-corrected chi connectivity index (χ2v) is 5.24. The van der Waals surface area contributed by atoms with Crippen LogP contribution in [0.4, 0.5) is 0 Å². The van der Waals surface area contributed by atoms with Crippen LogP contribution in [0.2, 0.25) is 0 Å². The second kappa shape index (κ2) is 7.24. The van der Waals surface area contributed by atoms with Gasteiger partial charge in [0.05, 0.1) is 6.10 Å². The Bertz CT molecular complexity index is 153. The molecular weight excluding hydrogens is 186 g/mol. The van der Waals surface area contributed by atoms with Gasteiger partial charge in [-0.2, -0.15) is 0 Å². The highest BCUT2D eigenvalue weighted by Crippen LogP contribution is 2.27. The molecule has 0 aliphatic heterocycles. The monoisotopic (exact) mass is 213 g/mol. The maximum absolute atomic E-state index is 9.16. The summed E-state index contributed by atoms with van der Waals surface area (Å²) in [7, 11) is 0. The molecule has 0 radical (unpaired) electrons. The van der Waals surface area contributed by atoms with Crippen LogP contribution in [0, 0.1) is 5.92 Å². The van der Waals surface area contributed by atoms with Gasteiger partial charge in [-0.15, -0.1) is 0 Å². The van der Waals surface area contributed by atoms with E-state index in [9.17, 15) is 0 Å². The minimum absolute atomic E-state index is 0.220. The first-order valence-electron chi connectivity index (χ1n) is 6.60. The molecule has 1 unspecified atom stereocenters. The van der Waals surface area contributed by atoms with Crippen molar-refractivity contribution in [1.82, 2.24) is 5.32 Å². The lowest BCUT2D eigenvalue weighted by molar-refractivity contribution is 0.185. The van der Waals surface area contributed by atoms with Crippen molar-refractivity contribution in [2.75, 3.05) is 6.54 Å². The Kier molecular flexibility index (Phi) is 6.26. The average Bonchev–Trinajstić information content (AvgIpc) is 2.25. The summed E-state index contributed by atoms with van der Waals surface area (Å²) in [6, 6.07) is 0.557. The summed E-state index contributed by atoms with van der Waals surface area (Å²) < 4.78 is 0. The predicted molar refractivity (Wildman–Crippen MR) is 65.0 cm³/mol. The normalized spacial score (nSPS) is 22.6. The van der Waals surface area contributed by atoms with E-state index in [-0.39, 0.29) is 6.10 Å². The zero-order chi connectivity index (χ0) is 11.1. The molecule has 0 aromatic rings. The van der Waals surface area contributed by atoms with Gasteiger partial charge in [0.1, 0.15) is 0 Å². The Morgan fingerprint density at radius 2 is 1.87 bits per heavy atom. The van der Waals surface area contributed by atoms with Crippen molar-refractivity contribution in [3.8, 4) is 0 Å². The number of hydrogen-bond acceptors (Lipinski definition) is 2. The first kappa shape index (κ1) is 13.0. The molecule has 0 amide bonds. The van der Waals surface area contributed by atoms with Crippen LogP contribution in [0.3, 0.4) is 0 Å². The molecule has 1 saturated carbocycles. The van der Waals surface area contributed by atoms with Crippen molar-refractivity contribution in [3.63, 3.8) is 0 Å². The van der Waals surface area contributed by atoms with Crippen molar-refractivity contribution in [3.05, 3.63) is 0 Å². The summed E-state index contributed by atoms with van der Waals surface area (Å²) in [5.41, 5.74) is 0. The van der Waals surface area contributed by atoms with Crippen LogP contribution in [-0.2, 0) is 0 Å². The van der Waals surface area contributed by atoms with Gasteiger partial charge in [-0.1, -0.05) is 32.1 Å². The second-order valence-electron chi connectivity index (χ2n) is 5.24. The minimum atomic E-state index is -0.220. The molecule has 1 aliphatic rings. The molecule has 1 rings (SSSR count). The van der Waals surface area contributed by atoms with E-state index >= 15 is 0 Å². The Labute approximate surface area is 94.5 Å². The van der Waals surface area contributed by atoms with Gasteiger partial charge in [0, 0.05) is 12.6 Å². The van der Waals surface area contributed by atoms with Crippen LogP contribution in [0.25, 0.3) is 0 Å². The fourth-order valence-corrected chi connectivity index (χ4v) is 2.44. The third-order valence-corrected chi connectivity index (χ3v) is 3.49. The summed E-state index contributed by atoms with van der Waals surface area (Å²) in [5.74, 6) is 0.981. The standard InChI is InChI=1S/C13H27NO/c1-11(14-10-12(2)15)8-9-13-6-4-3-5-7-13/h11-15H,3-10H2,1-2H3/t11?,12-/m1/s1. The molecule has 0 aromatic heterocycles. The summed E-state index contributed by atoms with van der Waals surface area (Å²) in [6.07, 6.45) is 9.65. The third kappa shape index (κ3) is 6.16. The van der Waals surface area contributed by atoms with Crippen LogP contribution in [0.5, 0.6) is 0 Å². The highest BCUT2D eigenvalue weighted by Gasteiger charge is 2.14. The van der Waals surface area contributed by atoms with Gasteiger partial charge in [0.2, 0.25) is 0 Å². The van der Waals surface area contributed by atoms with Gasteiger partial charge in [-0.3, -0.25) is 0 Å². The topological polar surface area (TPSA) is 32.3 Å². The summed E-state index contributed by atoms with van der Waals surface area (Å²) >= 11 is 0. The fraction of sp³-hybridized carbons (Fsp3) is 1.00. The summed E-state index contributed by atoms with van der Waals surface area (Å²) in [5, 5.41) is 12.5. The quantitative estimate of drug-likeness (QED) is 0.711. The molecule has 1 aliphatic carbocycles. The van der Waals surface area contributed by atoms with E-state index < -0.39 is 0 Å². The zero-order valence-electron chi connectivity index (χ0n) is 10.3. The van der Waals surface area contributed by atoms with Crippen molar-refractivity contribution in [1.29, 1.82) is 0 Å². The largest absolute Gasteiger partial charge is 0.392 e. The van der Waals surface area contributed by atoms with E-state index in [1.807, 2.05) is 6.92 Å². The molecule has 0 bridgehead atoms. The van der Waals surface area contributed by atoms with Crippen LogP contribution >= 0.6 is 0 Å². The van der Waals surface area contributed by atoms with Gasteiger partial charge in [-0.05, 0) is 32.6 Å². The van der Waals surface area contributed by atoms with Gasteiger partial charge >= 0.3 is 0 Å². The van der Waals surface area contributed by atoms with E-state index in [4.69, 9.17) is 5.11 Å². The number of nitrogens with one attached hydrogen (secondary N) is 1. The lowest BCUT2D eigenvalue weighted by atomic mass is 9.85. The molecule has 1 fully saturated rings. The Balaban J connectivity index is 2.02. The first-order valence-corrected chi connectivity index (χ1v) is 6.60. The highest BCUT2D eigenvalue weighted by atomic mass is 16.3. The molecule has 2 N–H and O–H groups in total. The third-order valence-electron chi connectivity index (χ3n) is 3.49. The maximum Gasteiger partial charge on any atom is 0.0636 e. The number of hydrogen-bond donors (Lipinski definition) is 2. The van der Waals surface area contributed by atoms with Gasteiger partial charge in [-0.25, -0.2) is 0 Å². The van der Waals surface area contributed by atoms with Gasteiger partial charge in [0.25, 0.3) is 0 Å². The van der Waals surface area contributed by atoms with Gasteiger partial charge in [0.15, 0.2) is 0 Å². The van der Waals surface area contributed by atoms with E-state index in [2.05, 4.69) is 12.2 Å². The smallest absolute Gasteiger partial charge is 0.0636 e. The van der Waals surface area contributed by atoms with Crippen molar-refractivity contribution in [2.24, 2.45) is 5.92 Å². The molecular formula is C13H27NO. The number of aliphatic hydroxyl groups excluding tert-OH is 1. The Hall–Kier alpha value is -0.0800. The summed E-state index contributed by atoms with van der Waals surface area (Å²) in [6.45, 7) is 4.79. The molecule has 0 saturated heterocycles. The molecule has 2 nitrogen and oxygen atoms in total. The fourth-order valence-electron chi connectivity index (χ4n) is 2.44. The van der Waals surface area contributed by atoms with E-state index in [1.54, 1.807) is 0 Å². The SMILES string of the molecule is CC(CCC1CCCCC1)NC[C@@H](C)O. The molecule has 0 heterocycles. The van der Waals surface area contributed by atoms with E-state index in [1.165, 1.54) is 44.9 Å². The van der Waals surface area contributed by atoms with Crippen LogP contribution in [0.1, 0.15) is 58.8 Å². The van der Waals surface area contributed by atoms with Gasteiger partial charge < -0.3 is 10.4 Å². The predicted octanol–water partition coefficient (Wildman–Crippen LogP) is 2.71. The minimum Gasteiger partial charge on any atom is -0.392 e. The van der Waals surface area contributed by atoms with E-state index in [0.717, 1.165) is 12.5 Å². The number of aliphatic hydroxyl groups is 1. The van der Waals surface area contributed by atoms with Crippen molar-refractivity contribution >= 4 is 0 Å². The molecule has 90 valence electrons. The maximum atomic E-state index is 9.16. The molecule has 0 spiro atoms. The van der Waals surface area contributed by atoms with Crippen molar-refractivity contribution in [2.45, 2.75) is 70.9 Å². The molecule has 2 heteroatoms. The van der Waals surface area contributed by atoms with E-state index in [0.29, 0.717) is 6.04 Å². The highest BCUT2D eigenvalue weighted by molar-refractivity contribution is 4.69. The molecule has 2 atom stereocenters. The molecule has 0 aromatic carbocycles. The Morgan fingerprint density at radius 1 is 1.20 bits per heavy atom. The summed E-state index contributed by atoms with van der Waals surface area (Å²) in [4.78, 5) is 0. The van der Waals surface area contributed by atoms with Crippen LogP contribution in [-0.4, -0.2) is 23.8 Å². The van der Waals surface area contributed by atoms with Crippen molar-refractivity contribution < 1.29 is 5.11 Å². The average molecular weight is 213 g/mol. The number of rotatable bonds is 6. The lowest BCUT2D eigenvalue weighted by Gasteiger charge is -2.23. The lowest BCUT2D eigenvalue weighted by Crippen LogP contribution is -2.32. The zero-order valence-corrected chi connectivity index (χ0v) is 10.3. The Morgan fingerprint density at radius 3 is 2.47 bits per heavy atom. The van der Waals surface area contributed by atoms with Crippen LogP contribution in [0.15, 0.2) is 0 Å². The van der Waals surface area contributed by atoms with Crippen LogP contribution < -0.4 is 5.32 Å². The first-order chi connectivity index (χ1) is 7.18. The molecule has 15 heavy (non-hydrogen) atoms.